The Morgan fingerprint density at radius 3 is 2.55 bits per heavy atom. The first kappa shape index (κ1) is 23.9. The zero-order chi connectivity index (χ0) is 22.9. The number of ether oxygens (including phenoxy) is 3. The molecule has 31 heavy (non-hydrogen) atoms. The number of methoxy groups -OCH3 is 1. The van der Waals surface area contributed by atoms with E-state index < -0.39 is 17.8 Å². The normalized spacial score (nSPS) is 11.9. The minimum absolute atomic E-state index is 0.0994. The first-order chi connectivity index (χ1) is 14.7. The zero-order valence-electron chi connectivity index (χ0n) is 17.2. The maximum absolute atomic E-state index is 13.0. The Labute approximate surface area is 178 Å². The lowest BCUT2D eigenvalue weighted by Crippen LogP contribution is -2.37. The van der Waals surface area contributed by atoms with Gasteiger partial charge in [0.05, 0.1) is 37.0 Å². The summed E-state index contributed by atoms with van der Waals surface area (Å²) in [6, 6.07) is 11.2. The van der Waals surface area contributed by atoms with Gasteiger partial charge in [0, 0.05) is 12.5 Å². The van der Waals surface area contributed by atoms with Crippen LogP contribution >= 0.6 is 0 Å². The van der Waals surface area contributed by atoms with Crippen LogP contribution in [0.25, 0.3) is 0 Å². The highest BCUT2D eigenvalue weighted by molar-refractivity contribution is 5.76. The Balaban J connectivity index is 1.74. The number of carbonyl (C=O) groups excluding carboxylic acids is 1. The molecule has 1 amide bonds. The lowest BCUT2D eigenvalue weighted by atomic mass is 10.2. The van der Waals surface area contributed by atoms with Gasteiger partial charge in [0.25, 0.3) is 0 Å². The quantitative estimate of drug-likeness (QED) is 0.561. The van der Waals surface area contributed by atoms with E-state index in [0.717, 1.165) is 6.07 Å². The molecule has 9 heteroatoms. The molecule has 0 aliphatic rings. The molecule has 0 fully saturated rings. The zero-order valence-corrected chi connectivity index (χ0v) is 17.2. The van der Waals surface area contributed by atoms with E-state index >= 15 is 0 Å². The molecule has 0 bridgehead atoms. The molecule has 2 rings (SSSR count). The van der Waals surface area contributed by atoms with Crippen LogP contribution in [0.3, 0.4) is 0 Å². The highest BCUT2D eigenvalue weighted by atomic mass is 19.4. The lowest BCUT2D eigenvalue weighted by molar-refractivity contribution is -0.139. The summed E-state index contributed by atoms with van der Waals surface area (Å²) in [5.41, 5.74) is -0.415. The number of amides is 1. The molecule has 0 heterocycles. The van der Waals surface area contributed by atoms with Crippen LogP contribution in [0.1, 0.15) is 30.9 Å². The molecule has 0 spiro atoms. The summed E-state index contributed by atoms with van der Waals surface area (Å²) in [5, 5.41) is 11.6. The number of rotatable bonds is 10. The second-order valence-electron chi connectivity index (χ2n) is 6.70. The Morgan fingerprint density at radius 1 is 1.13 bits per heavy atom. The molecular weight excluding hydrogens is 413 g/mol. The van der Waals surface area contributed by atoms with Crippen LogP contribution in [0.4, 0.5) is 13.2 Å². The summed E-state index contributed by atoms with van der Waals surface area (Å²) in [7, 11) is 1.47. The highest BCUT2D eigenvalue weighted by Crippen LogP contribution is 2.35. The maximum atomic E-state index is 13.0. The third-order valence-electron chi connectivity index (χ3n) is 4.19. The van der Waals surface area contributed by atoms with Gasteiger partial charge in [0.2, 0.25) is 5.91 Å². The summed E-state index contributed by atoms with van der Waals surface area (Å²) >= 11 is 0. The monoisotopic (exact) mass is 436 g/mol. The van der Waals surface area contributed by atoms with Crippen molar-refractivity contribution in [3.05, 3.63) is 53.6 Å². The number of halogens is 3. The van der Waals surface area contributed by atoms with Crippen LogP contribution in [0.15, 0.2) is 42.5 Å². The van der Waals surface area contributed by atoms with Crippen molar-refractivity contribution in [2.45, 2.75) is 32.0 Å². The van der Waals surface area contributed by atoms with E-state index in [1.54, 1.807) is 25.1 Å². The average molecular weight is 436 g/mol. The van der Waals surface area contributed by atoms with Crippen LogP contribution in [-0.4, -0.2) is 32.3 Å². The number of nitriles is 1. The largest absolute Gasteiger partial charge is 0.493 e. The third kappa shape index (κ3) is 7.41. The number of benzene rings is 2. The fourth-order valence-electron chi connectivity index (χ4n) is 2.70. The van der Waals surface area contributed by atoms with Gasteiger partial charge in [-0.15, -0.1) is 0 Å². The molecule has 0 radical (unpaired) electrons. The summed E-state index contributed by atoms with van der Waals surface area (Å²) < 4.78 is 55.0. The number of carbonyl (C=O) groups is 1. The topological polar surface area (TPSA) is 80.6 Å². The minimum Gasteiger partial charge on any atom is -0.493 e. The number of hydrogen-bond acceptors (Lipinski definition) is 5. The van der Waals surface area contributed by atoms with Gasteiger partial charge in [-0.1, -0.05) is 12.1 Å². The standard InChI is InChI=1S/C22H23F3N2O4/c1-15(14-31-18-7-4-3-6-17(18)22(23,24)25)27-21(28)8-5-11-30-19-10-9-16(13-26)12-20(19)29-2/h3-4,6-7,9-10,12,15H,5,8,11,14H2,1-2H3,(H,27,28). The van der Waals surface area contributed by atoms with Gasteiger partial charge in [-0.25, -0.2) is 0 Å². The summed E-state index contributed by atoms with van der Waals surface area (Å²) in [4.78, 5) is 12.0. The van der Waals surface area contributed by atoms with E-state index in [1.807, 2.05) is 6.07 Å². The van der Waals surface area contributed by atoms with Crippen LogP contribution in [0.2, 0.25) is 0 Å². The fourth-order valence-corrected chi connectivity index (χ4v) is 2.70. The number of para-hydroxylation sites is 1. The van der Waals surface area contributed by atoms with Crippen LogP contribution in [0.5, 0.6) is 17.2 Å². The molecule has 0 saturated carbocycles. The average Bonchev–Trinajstić information content (AvgIpc) is 2.74. The predicted octanol–water partition coefficient (Wildman–Crippen LogP) is 4.33. The van der Waals surface area contributed by atoms with Gasteiger partial charge in [0.1, 0.15) is 12.4 Å². The van der Waals surface area contributed by atoms with Crippen molar-refractivity contribution < 1.29 is 32.2 Å². The van der Waals surface area contributed by atoms with E-state index in [1.165, 1.54) is 25.3 Å². The van der Waals surface area contributed by atoms with Gasteiger partial charge < -0.3 is 19.5 Å². The van der Waals surface area contributed by atoms with E-state index in [2.05, 4.69) is 5.32 Å². The van der Waals surface area contributed by atoms with Crippen LogP contribution < -0.4 is 19.5 Å². The fraction of sp³-hybridized carbons (Fsp3) is 0.364. The maximum Gasteiger partial charge on any atom is 0.419 e. The molecule has 1 atom stereocenters. The number of nitrogens with one attached hydrogen (secondary N) is 1. The van der Waals surface area contributed by atoms with Crippen LogP contribution in [0, 0.1) is 11.3 Å². The predicted molar refractivity (Wildman–Crippen MR) is 107 cm³/mol. The van der Waals surface area contributed by atoms with Gasteiger partial charge in [0.15, 0.2) is 11.5 Å². The number of alkyl halides is 3. The Bertz CT molecular complexity index is 926. The van der Waals surface area contributed by atoms with Crippen molar-refractivity contribution in [2.75, 3.05) is 20.3 Å². The van der Waals surface area contributed by atoms with Crippen molar-refractivity contribution in [3.8, 4) is 23.3 Å². The summed E-state index contributed by atoms with van der Waals surface area (Å²) in [6.45, 7) is 1.80. The molecule has 2 aromatic rings. The van der Waals surface area contributed by atoms with Crippen molar-refractivity contribution in [1.82, 2.24) is 5.32 Å². The molecule has 0 aromatic heterocycles. The summed E-state index contributed by atoms with van der Waals surface area (Å²) in [6.07, 6.45) is -3.93. The second-order valence-corrected chi connectivity index (χ2v) is 6.70. The molecule has 1 N–H and O–H groups in total. The number of hydrogen-bond donors (Lipinski definition) is 1. The van der Waals surface area contributed by atoms with E-state index in [-0.39, 0.29) is 31.3 Å². The highest BCUT2D eigenvalue weighted by Gasteiger charge is 2.34. The van der Waals surface area contributed by atoms with Crippen molar-refractivity contribution in [2.24, 2.45) is 0 Å². The molecular formula is C22H23F3N2O4. The molecule has 0 saturated heterocycles. The molecule has 6 nitrogen and oxygen atoms in total. The van der Waals surface area contributed by atoms with Gasteiger partial charge in [-0.3, -0.25) is 4.79 Å². The van der Waals surface area contributed by atoms with Crippen molar-refractivity contribution in [1.29, 1.82) is 5.26 Å². The minimum atomic E-state index is -4.51. The molecule has 2 aromatic carbocycles. The molecule has 0 aliphatic heterocycles. The molecule has 0 aliphatic carbocycles. The van der Waals surface area contributed by atoms with E-state index in [9.17, 15) is 18.0 Å². The first-order valence-electron chi connectivity index (χ1n) is 9.54. The molecule has 166 valence electrons. The SMILES string of the molecule is COc1cc(C#N)ccc1OCCCC(=O)NC(C)COc1ccccc1C(F)(F)F. The van der Waals surface area contributed by atoms with Crippen LogP contribution in [-0.2, 0) is 11.0 Å². The van der Waals surface area contributed by atoms with E-state index in [0.29, 0.717) is 23.5 Å². The first-order valence-corrected chi connectivity index (χ1v) is 9.54. The Kier molecular flexibility index (Phi) is 8.55. The lowest BCUT2D eigenvalue weighted by Gasteiger charge is -2.18. The number of nitrogens with zero attached hydrogens (tertiary/aromatic N) is 1. The Hall–Kier alpha value is -3.41. The van der Waals surface area contributed by atoms with Crippen molar-refractivity contribution >= 4 is 5.91 Å². The Morgan fingerprint density at radius 2 is 1.87 bits per heavy atom. The second kappa shape index (κ2) is 11.1. The van der Waals surface area contributed by atoms with Gasteiger partial charge >= 0.3 is 6.18 Å². The van der Waals surface area contributed by atoms with E-state index in [4.69, 9.17) is 19.5 Å². The van der Waals surface area contributed by atoms with Gasteiger partial charge in [-0.05, 0) is 37.6 Å². The third-order valence-corrected chi connectivity index (χ3v) is 4.19. The van der Waals surface area contributed by atoms with Crippen molar-refractivity contribution in [3.63, 3.8) is 0 Å². The summed E-state index contributed by atoms with van der Waals surface area (Å²) in [5.74, 6) is 0.344. The smallest absolute Gasteiger partial charge is 0.419 e. The van der Waals surface area contributed by atoms with Gasteiger partial charge in [-0.2, -0.15) is 18.4 Å². The molecule has 1 unspecified atom stereocenters.